The summed E-state index contributed by atoms with van der Waals surface area (Å²) >= 11 is 0. The first kappa shape index (κ1) is 15.7. The molecule has 116 valence electrons. The number of nitrogens with zero attached hydrogens (tertiary/aromatic N) is 2. The van der Waals surface area contributed by atoms with Gasteiger partial charge in [0.2, 0.25) is 5.91 Å². The molecule has 0 aliphatic carbocycles. The van der Waals surface area contributed by atoms with Gasteiger partial charge in [-0.25, -0.2) is 4.39 Å². The third kappa shape index (κ3) is 4.16. The van der Waals surface area contributed by atoms with Crippen LogP contribution < -0.4 is 0 Å². The molecule has 20 heavy (non-hydrogen) atoms. The summed E-state index contributed by atoms with van der Waals surface area (Å²) in [5.41, 5.74) is 0. The van der Waals surface area contributed by atoms with Crippen LogP contribution in [-0.2, 0) is 9.53 Å². The zero-order valence-electron chi connectivity index (χ0n) is 12.7. The lowest BCUT2D eigenvalue weighted by Gasteiger charge is -2.36. The van der Waals surface area contributed by atoms with Crippen molar-refractivity contribution in [1.29, 1.82) is 0 Å². The molecular formula is C15H27FN2O2. The first-order chi connectivity index (χ1) is 9.60. The van der Waals surface area contributed by atoms with Gasteiger partial charge < -0.3 is 14.5 Å². The predicted octanol–water partition coefficient (Wildman–Crippen LogP) is 1.69. The van der Waals surface area contributed by atoms with Crippen LogP contribution in [0.3, 0.4) is 0 Å². The van der Waals surface area contributed by atoms with E-state index >= 15 is 0 Å². The second-order valence-corrected chi connectivity index (χ2v) is 6.12. The summed E-state index contributed by atoms with van der Waals surface area (Å²) < 4.78 is 18.9. The van der Waals surface area contributed by atoms with E-state index < -0.39 is 6.17 Å². The number of carbonyl (C=O) groups is 1. The van der Waals surface area contributed by atoms with Gasteiger partial charge in [0, 0.05) is 40.2 Å². The van der Waals surface area contributed by atoms with E-state index in [4.69, 9.17) is 4.74 Å². The van der Waals surface area contributed by atoms with Crippen molar-refractivity contribution in [3.8, 4) is 0 Å². The lowest BCUT2D eigenvalue weighted by molar-refractivity contribution is -0.130. The molecule has 2 heterocycles. The van der Waals surface area contributed by atoms with E-state index in [1.807, 2.05) is 4.90 Å². The zero-order valence-corrected chi connectivity index (χ0v) is 12.7. The van der Waals surface area contributed by atoms with Gasteiger partial charge in [0.15, 0.2) is 0 Å². The van der Waals surface area contributed by atoms with Gasteiger partial charge in [-0.3, -0.25) is 4.79 Å². The first-order valence-electron chi connectivity index (χ1n) is 7.75. The van der Waals surface area contributed by atoms with Crippen molar-refractivity contribution in [2.75, 3.05) is 39.8 Å². The summed E-state index contributed by atoms with van der Waals surface area (Å²) in [6.07, 6.45) is 3.02. The Hall–Kier alpha value is -0.680. The molecule has 2 saturated heterocycles. The minimum atomic E-state index is -0.853. The molecule has 2 aliphatic heterocycles. The second-order valence-electron chi connectivity index (χ2n) is 6.12. The summed E-state index contributed by atoms with van der Waals surface area (Å²) in [6, 6.07) is 0. The summed E-state index contributed by atoms with van der Waals surface area (Å²) in [6.45, 7) is 5.83. The molecule has 2 rings (SSSR count). The molecular weight excluding hydrogens is 259 g/mol. The normalized spacial score (nSPS) is 29.6. The van der Waals surface area contributed by atoms with Crippen molar-refractivity contribution < 1.29 is 13.9 Å². The minimum Gasteiger partial charge on any atom is -0.378 e. The van der Waals surface area contributed by atoms with Crippen molar-refractivity contribution in [3.05, 3.63) is 0 Å². The Kier molecular flexibility index (Phi) is 5.78. The third-order valence-corrected chi connectivity index (χ3v) is 4.78. The number of methoxy groups -OCH3 is 1. The van der Waals surface area contributed by atoms with Crippen LogP contribution in [-0.4, -0.2) is 67.8 Å². The van der Waals surface area contributed by atoms with Crippen molar-refractivity contribution in [3.63, 3.8) is 0 Å². The maximum atomic E-state index is 13.8. The number of ether oxygens (including phenoxy) is 1. The highest BCUT2D eigenvalue weighted by molar-refractivity contribution is 5.73. The Bertz CT molecular complexity index is 319. The molecule has 0 saturated carbocycles. The SMILES string of the molecule is COC1CCN(CCC2CCN(C(C)=O)CC2)CC1F. The van der Waals surface area contributed by atoms with Crippen molar-refractivity contribution in [2.24, 2.45) is 5.92 Å². The smallest absolute Gasteiger partial charge is 0.219 e. The number of hydrogen-bond acceptors (Lipinski definition) is 3. The molecule has 2 fully saturated rings. The summed E-state index contributed by atoms with van der Waals surface area (Å²) in [5.74, 6) is 0.870. The van der Waals surface area contributed by atoms with E-state index in [2.05, 4.69) is 4.90 Å². The van der Waals surface area contributed by atoms with Gasteiger partial charge in [-0.1, -0.05) is 0 Å². The van der Waals surface area contributed by atoms with Gasteiger partial charge >= 0.3 is 0 Å². The zero-order chi connectivity index (χ0) is 14.5. The van der Waals surface area contributed by atoms with Crippen LogP contribution in [0.4, 0.5) is 4.39 Å². The van der Waals surface area contributed by atoms with Crippen LogP contribution in [0.5, 0.6) is 0 Å². The quantitative estimate of drug-likeness (QED) is 0.788. The number of likely N-dealkylation sites (tertiary alicyclic amines) is 2. The fourth-order valence-corrected chi connectivity index (χ4v) is 3.32. The lowest BCUT2D eigenvalue weighted by Crippen LogP contribution is -2.46. The summed E-state index contributed by atoms with van der Waals surface area (Å²) in [5, 5.41) is 0. The standard InChI is InChI=1S/C15H27FN2O2/c1-12(19)18-9-4-13(5-10-18)3-7-17-8-6-15(20-2)14(16)11-17/h13-15H,3-11H2,1-2H3. The van der Waals surface area contributed by atoms with Gasteiger partial charge in [0.05, 0.1) is 6.10 Å². The van der Waals surface area contributed by atoms with Crippen molar-refractivity contribution in [1.82, 2.24) is 9.80 Å². The fraction of sp³-hybridized carbons (Fsp3) is 0.933. The number of amides is 1. The number of halogens is 1. The monoisotopic (exact) mass is 286 g/mol. The number of piperidine rings is 2. The summed E-state index contributed by atoms with van der Waals surface area (Å²) in [7, 11) is 1.59. The molecule has 2 atom stereocenters. The molecule has 2 unspecified atom stereocenters. The van der Waals surface area contributed by atoms with Crippen molar-refractivity contribution in [2.45, 2.75) is 44.9 Å². The largest absolute Gasteiger partial charge is 0.378 e. The maximum Gasteiger partial charge on any atom is 0.219 e. The van der Waals surface area contributed by atoms with E-state index in [-0.39, 0.29) is 12.0 Å². The van der Waals surface area contributed by atoms with Crippen LogP contribution in [0.25, 0.3) is 0 Å². The Morgan fingerprint density at radius 3 is 2.50 bits per heavy atom. The van der Waals surface area contributed by atoms with E-state index in [9.17, 15) is 9.18 Å². The number of rotatable bonds is 4. The van der Waals surface area contributed by atoms with Crippen LogP contribution >= 0.6 is 0 Å². The number of alkyl halides is 1. The van der Waals surface area contributed by atoms with E-state index in [0.717, 1.165) is 51.9 Å². The Labute approximate surface area is 121 Å². The van der Waals surface area contributed by atoms with E-state index in [1.165, 1.54) is 0 Å². The van der Waals surface area contributed by atoms with Crippen LogP contribution in [0, 0.1) is 5.92 Å². The number of hydrogen-bond donors (Lipinski definition) is 0. The fourth-order valence-electron chi connectivity index (χ4n) is 3.32. The molecule has 5 heteroatoms. The van der Waals surface area contributed by atoms with Crippen LogP contribution in [0.15, 0.2) is 0 Å². The van der Waals surface area contributed by atoms with Gasteiger partial charge in [-0.05, 0) is 38.1 Å². The molecule has 0 bridgehead atoms. The Morgan fingerprint density at radius 2 is 1.95 bits per heavy atom. The van der Waals surface area contributed by atoms with Gasteiger partial charge in [-0.15, -0.1) is 0 Å². The van der Waals surface area contributed by atoms with Crippen molar-refractivity contribution >= 4 is 5.91 Å². The van der Waals surface area contributed by atoms with Gasteiger partial charge in [-0.2, -0.15) is 0 Å². The molecule has 0 spiro atoms. The molecule has 0 aromatic carbocycles. The molecule has 1 amide bonds. The van der Waals surface area contributed by atoms with E-state index in [1.54, 1.807) is 14.0 Å². The first-order valence-corrected chi connectivity index (χ1v) is 7.75. The molecule has 2 aliphatic rings. The topological polar surface area (TPSA) is 32.8 Å². The van der Waals surface area contributed by atoms with Gasteiger partial charge in [0.25, 0.3) is 0 Å². The highest BCUT2D eigenvalue weighted by Gasteiger charge is 2.29. The second kappa shape index (κ2) is 7.36. The third-order valence-electron chi connectivity index (χ3n) is 4.78. The molecule has 0 radical (unpaired) electrons. The minimum absolute atomic E-state index is 0.186. The van der Waals surface area contributed by atoms with Crippen LogP contribution in [0.1, 0.15) is 32.6 Å². The Balaban J connectivity index is 1.65. The number of carbonyl (C=O) groups excluding carboxylic acids is 1. The maximum absolute atomic E-state index is 13.8. The Morgan fingerprint density at radius 1 is 1.25 bits per heavy atom. The molecule has 0 aromatic heterocycles. The van der Waals surface area contributed by atoms with E-state index in [0.29, 0.717) is 12.5 Å². The average molecular weight is 286 g/mol. The lowest BCUT2D eigenvalue weighted by atomic mass is 9.93. The molecule has 4 nitrogen and oxygen atoms in total. The van der Waals surface area contributed by atoms with Gasteiger partial charge in [0.1, 0.15) is 6.17 Å². The predicted molar refractivity (Wildman–Crippen MR) is 76.3 cm³/mol. The average Bonchev–Trinajstić information content (AvgIpc) is 2.45. The molecule has 0 N–H and O–H groups in total. The summed E-state index contributed by atoms with van der Waals surface area (Å²) in [4.78, 5) is 15.4. The highest BCUT2D eigenvalue weighted by Crippen LogP contribution is 2.23. The highest BCUT2D eigenvalue weighted by atomic mass is 19.1. The van der Waals surface area contributed by atoms with Crippen LogP contribution in [0.2, 0.25) is 0 Å². The molecule has 0 aromatic rings.